The zero-order valence-electron chi connectivity index (χ0n) is 22.1. The number of nitrogens with zero attached hydrogens (tertiary/aromatic N) is 1. The number of nitrogens with one attached hydrogen (secondary N) is 1. The summed E-state index contributed by atoms with van der Waals surface area (Å²) in [5.74, 6) is -1.64. The number of amides is 2. The highest BCUT2D eigenvalue weighted by atomic mass is 16.4. The Morgan fingerprint density at radius 3 is 2.13 bits per heavy atom. The first kappa shape index (κ1) is 25.9. The molecule has 2 amide bonds. The third-order valence-corrected chi connectivity index (χ3v) is 7.21. The van der Waals surface area contributed by atoms with Gasteiger partial charge in [-0.15, -0.1) is 0 Å². The molecule has 0 radical (unpaired) electrons. The fourth-order valence-corrected chi connectivity index (χ4v) is 5.21. The second kappa shape index (κ2) is 10.6. The SMILES string of the molecule is Cc1cc(NC(=O)c2ccc(-c3ccccc3)cc2)ccc1-c1ccc2c(c1)C(=O)N([C@H](C(=O)O)C(C)C)C2. The molecule has 2 N–H and O–H groups in total. The summed E-state index contributed by atoms with van der Waals surface area (Å²) in [6, 6.07) is 28.0. The van der Waals surface area contributed by atoms with Crippen molar-refractivity contribution < 1.29 is 19.5 Å². The molecule has 1 heterocycles. The van der Waals surface area contributed by atoms with E-state index in [1.807, 2.05) is 112 Å². The van der Waals surface area contributed by atoms with E-state index in [-0.39, 0.29) is 17.7 Å². The summed E-state index contributed by atoms with van der Waals surface area (Å²) >= 11 is 0. The van der Waals surface area contributed by atoms with Crippen LogP contribution in [0, 0.1) is 12.8 Å². The first-order valence-electron chi connectivity index (χ1n) is 13.0. The van der Waals surface area contributed by atoms with Gasteiger partial charge >= 0.3 is 5.97 Å². The van der Waals surface area contributed by atoms with Gasteiger partial charge in [-0.2, -0.15) is 0 Å². The molecule has 0 saturated carbocycles. The fraction of sp³-hybridized carbons (Fsp3) is 0.182. The predicted molar refractivity (Wildman–Crippen MR) is 153 cm³/mol. The van der Waals surface area contributed by atoms with Crippen molar-refractivity contribution in [1.82, 2.24) is 4.90 Å². The second-order valence-corrected chi connectivity index (χ2v) is 10.3. The van der Waals surface area contributed by atoms with Crippen LogP contribution in [0.15, 0.2) is 91.0 Å². The fourth-order valence-electron chi connectivity index (χ4n) is 5.21. The van der Waals surface area contributed by atoms with Crippen LogP contribution in [-0.2, 0) is 11.3 Å². The number of hydrogen-bond donors (Lipinski definition) is 2. The van der Waals surface area contributed by atoms with Crippen molar-refractivity contribution in [2.75, 3.05) is 5.32 Å². The van der Waals surface area contributed by atoms with Crippen molar-refractivity contribution in [3.63, 3.8) is 0 Å². The van der Waals surface area contributed by atoms with Gasteiger partial charge in [-0.25, -0.2) is 4.79 Å². The van der Waals surface area contributed by atoms with E-state index in [9.17, 15) is 19.5 Å². The third-order valence-electron chi connectivity index (χ3n) is 7.21. The van der Waals surface area contributed by atoms with Crippen LogP contribution in [-0.4, -0.2) is 33.8 Å². The maximum atomic E-state index is 13.1. The maximum Gasteiger partial charge on any atom is 0.326 e. The molecule has 5 rings (SSSR count). The minimum absolute atomic E-state index is 0.192. The summed E-state index contributed by atoms with van der Waals surface area (Å²) < 4.78 is 0. The molecular weight excluding hydrogens is 488 g/mol. The molecule has 39 heavy (non-hydrogen) atoms. The molecule has 0 fully saturated rings. The molecule has 0 aliphatic carbocycles. The molecule has 1 atom stereocenters. The first-order valence-corrected chi connectivity index (χ1v) is 13.0. The van der Waals surface area contributed by atoms with Gasteiger partial charge in [0.2, 0.25) is 0 Å². The maximum absolute atomic E-state index is 13.1. The van der Waals surface area contributed by atoms with Crippen molar-refractivity contribution in [3.8, 4) is 22.3 Å². The molecule has 1 aliphatic rings. The average molecular weight is 519 g/mol. The molecule has 4 aromatic rings. The molecule has 196 valence electrons. The third kappa shape index (κ3) is 5.18. The lowest BCUT2D eigenvalue weighted by Crippen LogP contribution is -2.44. The van der Waals surface area contributed by atoms with Crippen molar-refractivity contribution in [3.05, 3.63) is 113 Å². The normalized spacial score (nSPS) is 13.3. The molecule has 4 aromatic carbocycles. The monoisotopic (exact) mass is 518 g/mol. The molecular formula is C33H30N2O4. The lowest BCUT2D eigenvalue weighted by Gasteiger charge is -2.27. The van der Waals surface area contributed by atoms with E-state index >= 15 is 0 Å². The summed E-state index contributed by atoms with van der Waals surface area (Å²) in [7, 11) is 0. The Hall–Kier alpha value is -4.71. The van der Waals surface area contributed by atoms with Crippen molar-refractivity contribution >= 4 is 23.5 Å². The average Bonchev–Trinajstić information content (AvgIpc) is 3.24. The summed E-state index contributed by atoms with van der Waals surface area (Å²) in [6.45, 7) is 5.87. The van der Waals surface area contributed by atoms with Crippen LogP contribution in [0.1, 0.15) is 45.7 Å². The zero-order valence-corrected chi connectivity index (χ0v) is 22.1. The molecule has 0 saturated heterocycles. The molecule has 6 nitrogen and oxygen atoms in total. The smallest absolute Gasteiger partial charge is 0.326 e. The van der Waals surface area contributed by atoms with E-state index in [1.165, 1.54) is 4.90 Å². The Bertz CT molecular complexity index is 1560. The van der Waals surface area contributed by atoms with Gasteiger partial charge < -0.3 is 15.3 Å². The number of carbonyl (C=O) groups excluding carboxylic acids is 2. The van der Waals surface area contributed by atoms with Crippen LogP contribution < -0.4 is 5.32 Å². The Labute approximate surface area is 227 Å². The van der Waals surface area contributed by atoms with Gasteiger partial charge in [0.05, 0.1) is 0 Å². The molecule has 6 heteroatoms. The van der Waals surface area contributed by atoms with E-state index in [2.05, 4.69) is 5.32 Å². The van der Waals surface area contributed by atoms with Crippen molar-refractivity contribution in [1.29, 1.82) is 0 Å². The van der Waals surface area contributed by atoms with Gasteiger partial charge in [0.1, 0.15) is 6.04 Å². The van der Waals surface area contributed by atoms with Crippen LogP contribution in [0.3, 0.4) is 0 Å². The van der Waals surface area contributed by atoms with Crippen LogP contribution >= 0.6 is 0 Å². The number of fused-ring (bicyclic) bond motifs is 1. The van der Waals surface area contributed by atoms with Gasteiger partial charge in [-0.05, 0) is 76.6 Å². The quantitative estimate of drug-likeness (QED) is 0.287. The Kier molecular flexibility index (Phi) is 7.03. The number of aliphatic carboxylic acids is 1. The summed E-state index contributed by atoms with van der Waals surface area (Å²) in [4.78, 5) is 39.3. The van der Waals surface area contributed by atoms with Crippen LogP contribution in [0.25, 0.3) is 22.3 Å². The molecule has 1 aliphatic heterocycles. The number of carbonyl (C=O) groups is 3. The molecule has 0 bridgehead atoms. The van der Waals surface area contributed by atoms with Crippen LogP contribution in [0.4, 0.5) is 5.69 Å². The second-order valence-electron chi connectivity index (χ2n) is 10.3. The Balaban J connectivity index is 1.32. The van der Waals surface area contributed by atoms with Gasteiger partial charge in [0, 0.05) is 23.4 Å². The Morgan fingerprint density at radius 1 is 0.821 bits per heavy atom. The molecule has 0 aromatic heterocycles. The van der Waals surface area contributed by atoms with Crippen molar-refractivity contribution in [2.24, 2.45) is 5.92 Å². The number of hydrogen-bond acceptors (Lipinski definition) is 3. The standard InChI is InChI=1S/C33H30N2O4/c1-20(2)30(33(38)39)35-19-26-14-13-25(18-29(26)32(35)37)28-16-15-27(17-21(28)3)34-31(36)24-11-9-23(10-12-24)22-7-5-4-6-8-22/h4-18,20,30H,19H2,1-3H3,(H,34,36)(H,38,39)/t30-/m0/s1. The van der Waals surface area contributed by atoms with E-state index < -0.39 is 12.0 Å². The van der Waals surface area contributed by atoms with E-state index in [1.54, 1.807) is 0 Å². The van der Waals surface area contributed by atoms with E-state index in [0.717, 1.165) is 33.4 Å². The van der Waals surface area contributed by atoms with Gasteiger partial charge in [0.15, 0.2) is 0 Å². The first-order chi connectivity index (χ1) is 18.7. The van der Waals surface area contributed by atoms with Gasteiger partial charge in [-0.1, -0.05) is 74.5 Å². The Morgan fingerprint density at radius 2 is 1.49 bits per heavy atom. The number of carboxylic acid groups (broad SMARTS) is 1. The number of carboxylic acids is 1. The van der Waals surface area contributed by atoms with Crippen LogP contribution in [0.5, 0.6) is 0 Å². The van der Waals surface area contributed by atoms with E-state index in [0.29, 0.717) is 23.4 Å². The molecule has 0 unspecified atom stereocenters. The van der Waals surface area contributed by atoms with Gasteiger partial charge in [-0.3, -0.25) is 9.59 Å². The largest absolute Gasteiger partial charge is 0.480 e. The van der Waals surface area contributed by atoms with Gasteiger partial charge in [0.25, 0.3) is 11.8 Å². The predicted octanol–water partition coefficient (Wildman–Crippen LogP) is 6.65. The molecule has 0 spiro atoms. The number of rotatable bonds is 7. The van der Waals surface area contributed by atoms with E-state index in [4.69, 9.17) is 0 Å². The topological polar surface area (TPSA) is 86.7 Å². The van der Waals surface area contributed by atoms with Crippen molar-refractivity contribution in [2.45, 2.75) is 33.4 Å². The number of benzene rings is 4. The number of aryl methyl sites for hydroxylation is 1. The highest BCUT2D eigenvalue weighted by Crippen LogP contribution is 2.33. The number of anilines is 1. The summed E-state index contributed by atoms with van der Waals surface area (Å²) in [5, 5.41) is 12.6. The highest BCUT2D eigenvalue weighted by molar-refractivity contribution is 6.05. The summed E-state index contributed by atoms with van der Waals surface area (Å²) in [5.41, 5.74) is 7.51. The lowest BCUT2D eigenvalue weighted by molar-refractivity contribution is -0.144. The lowest BCUT2D eigenvalue weighted by atomic mass is 9.96. The highest BCUT2D eigenvalue weighted by Gasteiger charge is 2.38. The van der Waals surface area contributed by atoms with Crippen LogP contribution in [0.2, 0.25) is 0 Å². The minimum atomic E-state index is -0.994. The summed E-state index contributed by atoms with van der Waals surface area (Å²) in [6.07, 6.45) is 0. The zero-order chi connectivity index (χ0) is 27.7. The minimum Gasteiger partial charge on any atom is -0.480 e.